The standard InChI is InChI=1S/C23H24F3N3O3/c1-28(22(31)15-20(23(24,25)26)17-5-3-2-4-6-17)16-21(30)27-18-7-9-19(10-8-18)29-11-13-32-14-12-29/h2-10,15H,11-14,16H2,1H3,(H,27,30)/b20-15-. The van der Waals surface area contributed by atoms with Gasteiger partial charge in [0, 0.05) is 37.6 Å². The van der Waals surface area contributed by atoms with Gasteiger partial charge >= 0.3 is 6.18 Å². The minimum absolute atomic E-state index is 0.119. The van der Waals surface area contributed by atoms with Crippen molar-refractivity contribution in [3.8, 4) is 0 Å². The fourth-order valence-corrected chi connectivity index (χ4v) is 3.25. The molecule has 0 aliphatic carbocycles. The number of rotatable bonds is 6. The summed E-state index contributed by atoms with van der Waals surface area (Å²) >= 11 is 0. The molecule has 1 N–H and O–H groups in total. The zero-order valence-electron chi connectivity index (χ0n) is 17.6. The highest BCUT2D eigenvalue weighted by Gasteiger charge is 2.35. The van der Waals surface area contributed by atoms with Gasteiger partial charge < -0.3 is 19.9 Å². The van der Waals surface area contributed by atoms with Crippen LogP contribution >= 0.6 is 0 Å². The maximum Gasteiger partial charge on any atom is 0.417 e. The van der Waals surface area contributed by atoms with Crippen molar-refractivity contribution in [2.75, 3.05) is 50.1 Å². The second kappa shape index (κ2) is 10.3. The highest BCUT2D eigenvalue weighted by atomic mass is 19.4. The van der Waals surface area contributed by atoms with Gasteiger partial charge in [0.25, 0.3) is 0 Å². The molecule has 0 saturated carbocycles. The maximum atomic E-state index is 13.4. The molecule has 0 spiro atoms. The van der Waals surface area contributed by atoms with Gasteiger partial charge in [0.2, 0.25) is 11.8 Å². The summed E-state index contributed by atoms with van der Waals surface area (Å²) in [6, 6.07) is 14.3. The van der Waals surface area contributed by atoms with Crippen LogP contribution in [0, 0.1) is 0 Å². The Morgan fingerprint density at radius 1 is 1.06 bits per heavy atom. The first-order chi connectivity index (χ1) is 15.2. The van der Waals surface area contributed by atoms with Gasteiger partial charge in [-0.2, -0.15) is 13.2 Å². The first-order valence-corrected chi connectivity index (χ1v) is 10.1. The Bertz CT molecular complexity index is 954. The molecule has 1 aliphatic heterocycles. The smallest absolute Gasteiger partial charge is 0.378 e. The number of benzene rings is 2. The van der Waals surface area contributed by atoms with Crippen LogP contribution in [0.1, 0.15) is 5.56 Å². The molecule has 0 atom stereocenters. The number of amides is 2. The fourth-order valence-electron chi connectivity index (χ4n) is 3.25. The van der Waals surface area contributed by atoms with Gasteiger partial charge in [-0.3, -0.25) is 9.59 Å². The van der Waals surface area contributed by atoms with E-state index in [9.17, 15) is 22.8 Å². The number of halogens is 3. The lowest BCUT2D eigenvalue weighted by Crippen LogP contribution is -2.36. The lowest BCUT2D eigenvalue weighted by molar-refractivity contribution is -0.129. The van der Waals surface area contributed by atoms with Crippen LogP contribution in [0.4, 0.5) is 24.5 Å². The SMILES string of the molecule is CN(CC(=O)Nc1ccc(N2CCOCC2)cc1)C(=O)/C=C(/c1ccccc1)C(F)(F)F. The summed E-state index contributed by atoms with van der Waals surface area (Å²) in [5, 5.41) is 2.65. The van der Waals surface area contributed by atoms with Crippen LogP contribution < -0.4 is 10.2 Å². The number of morpholine rings is 1. The van der Waals surface area contributed by atoms with Gasteiger partial charge in [-0.1, -0.05) is 30.3 Å². The molecule has 2 aromatic rings. The van der Waals surface area contributed by atoms with Crippen LogP contribution in [0.5, 0.6) is 0 Å². The third-order valence-electron chi connectivity index (χ3n) is 4.94. The van der Waals surface area contributed by atoms with E-state index < -0.39 is 23.6 Å². The summed E-state index contributed by atoms with van der Waals surface area (Å²) in [4.78, 5) is 27.7. The van der Waals surface area contributed by atoms with E-state index in [0.717, 1.165) is 23.7 Å². The van der Waals surface area contributed by atoms with Crippen LogP contribution in [0.15, 0.2) is 60.7 Å². The summed E-state index contributed by atoms with van der Waals surface area (Å²) in [5.74, 6) is -1.43. The Hall–Kier alpha value is -3.33. The number of nitrogens with one attached hydrogen (secondary N) is 1. The maximum absolute atomic E-state index is 13.4. The van der Waals surface area contributed by atoms with E-state index in [2.05, 4.69) is 10.2 Å². The van der Waals surface area contributed by atoms with Crippen molar-refractivity contribution >= 4 is 28.8 Å². The fraction of sp³-hybridized carbons (Fsp3) is 0.304. The Morgan fingerprint density at radius 2 is 1.69 bits per heavy atom. The topological polar surface area (TPSA) is 61.9 Å². The van der Waals surface area contributed by atoms with Crippen LogP contribution in [0.3, 0.4) is 0 Å². The lowest BCUT2D eigenvalue weighted by Gasteiger charge is -2.28. The molecular weight excluding hydrogens is 423 g/mol. The largest absolute Gasteiger partial charge is 0.417 e. The molecule has 1 fully saturated rings. The number of hydrogen-bond acceptors (Lipinski definition) is 4. The van der Waals surface area contributed by atoms with Gasteiger partial charge in [-0.15, -0.1) is 0 Å². The van der Waals surface area contributed by atoms with E-state index >= 15 is 0 Å². The quantitative estimate of drug-likeness (QED) is 0.688. The van der Waals surface area contributed by atoms with Gasteiger partial charge in [0.15, 0.2) is 0 Å². The summed E-state index contributed by atoms with van der Waals surface area (Å²) < 4.78 is 45.6. The van der Waals surface area contributed by atoms with E-state index in [1.807, 2.05) is 12.1 Å². The number of nitrogens with zero attached hydrogens (tertiary/aromatic N) is 2. The molecule has 0 radical (unpaired) electrons. The van der Waals surface area contributed by atoms with Crippen molar-refractivity contribution in [2.45, 2.75) is 6.18 Å². The van der Waals surface area contributed by atoms with Crippen LogP contribution in [0.2, 0.25) is 0 Å². The molecule has 32 heavy (non-hydrogen) atoms. The molecule has 9 heteroatoms. The molecular formula is C23H24F3N3O3. The summed E-state index contributed by atoms with van der Waals surface area (Å²) in [5.41, 5.74) is 0.355. The molecule has 2 aromatic carbocycles. The average molecular weight is 447 g/mol. The number of likely N-dealkylation sites (N-methyl/N-ethyl adjacent to an activating group) is 1. The van der Waals surface area contributed by atoms with Gasteiger partial charge in [-0.05, 0) is 29.8 Å². The second-order valence-corrected chi connectivity index (χ2v) is 7.31. The highest BCUT2D eigenvalue weighted by molar-refractivity contribution is 6.00. The van der Waals surface area contributed by atoms with Gasteiger partial charge in [0.05, 0.1) is 25.3 Å². The third-order valence-corrected chi connectivity index (χ3v) is 4.94. The number of ether oxygens (including phenoxy) is 1. The van der Waals surface area contributed by atoms with E-state index in [0.29, 0.717) is 25.0 Å². The van der Waals surface area contributed by atoms with E-state index in [1.165, 1.54) is 31.3 Å². The molecule has 0 bridgehead atoms. The van der Waals surface area contributed by atoms with E-state index in [4.69, 9.17) is 4.74 Å². The number of carbonyl (C=O) groups is 2. The molecule has 1 saturated heterocycles. The molecule has 1 heterocycles. The summed E-state index contributed by atoms with van der Waals surface area (Å²) in [6.07, 6.45) is -4.19. The summed E-state index contributed by atoms with van der Waals surface area (Å²) in [7, 11) is 1.28. The first-order valence-electron chi connectivity index (χ1n) is 10.1. The number of allylic oxidation sites excluding steroid dienone is 1. The number of carbonyl (C=O) groups excluding carboxylic acids is 2. The lowest BCUT2D eigenvalue weighted by atomic mass is 10.0. The van der Waals surface area contributed by atoms with Crippen molar-refractivity contribution in [3.63, 3.8) is 0 Å². The molecule has 170 valence electrons. The predicted molar refractivity (Wildman–Crippen MR) is 116 cm³/mol. The Morgan fingerprint density at radius 3 is 2.28 bits per heavy atom. The van der Waals surface area contributed by atoms with Crippen molar-refractivity contribution in [1.82, 2.24) is 4.90 Å². The molecule has 3 rings (SSSR count). The first kappa shape index (κ1) is 23.3. The zero-order valence-corrected chi connectivity index (χ0v) is 17.6. The van der Waals surface area contributed by atoms with Gasteiger partial charge in [0.1, 0.15) is 0 Å². The van der Waals surface area contributed by atoms with Crippen molar-refractivity contribution < 1.29 is 27.5 Å². The molecule has 0 aromatic heterocycles. The minimum Gasteiger partial charge on any atom is -0.378 e. The average Bonchev–Trinajstić information content (AvgIpc) is 2.78. The Balaban J connectivity index is 1.60. The number of alkyl halides is 3. The van der Waals surface area contributed by atoms with E-state index in [1.54, 1.807) is 18.2 Å². The predicted octanol–water partition coefficient (Wildman–Crippen LogP) is 3.57. The van der Waals surface area contributed by atoms with Crippen molar-refractivity contribution in [1.29, 1.82) is 0 Å². The van der Waals surface area contributed by atoms with E-state index in [-0.39, 0.29) is 12.1 Å². The monoisotopic (exact) mass is 447 g/mol. The normalized spacial score (nSPS) is 14.8. The second-order valence-electron chi connectivity index (χ2n) is 7.31. The number of hydrogen-bond donors (Lipinski definition) is 1. The summed E-state index contributed by atoms with van der Waals surface area (Å²) in [6.45, 7) is 2.51. The van der Waals surface area contributed by atoms with Gasteiger partial charge in [-0.25, -0.2) is 0 Å². The molecule has 6 nitrogen and oxygen atoms in total. The minimum atomic E-state index is -4.71. The van der Waals surface area contributed by atoms with Crippen molar-refractivity contribution in [2.24, 2.45) is 0 Å². The number of anilines is 2. The van der Waals surface area contributed by atoms with Crippen molar-refractivity contribution in [3.05, 3.63) is 66.2 Å². The zero-order chi connectivity index (χ0) is 23.1. The highest BCUT2D eigenvalue weighted by Crippen LogP contribution is 2.33. The Labute approximate surface area is 184 Å². The third kappa shape index (κ3) is 6.34. The molecule has 1 aliphatic rings. The molecule has 0 unspecified atom stereocenters. The van der Waals surface area contributed by atoms with Crippen LogP contribution in [-0.4, -0.2) is 62.8 Å². The van der Waals surface area contributed by atoms with Crippen LogP contribution in [0.25, 0.3) is 5.57 Å². The molecule has 2 amide bonds. The Kier molecular flexibility index (Phi) is 7.53. The van der Waals surface area contributed by atoms with Crippen LogP contribution in [-0.2, 0) is 14.3 Å².